The first-order chi connectivity index (χ1) is 5.13. The summed E-state index contributed by atoms with van der Waals surface area (Å²) in [6.45, 7) is 4.54. The van der Waals surface area contributed by atoms with Crippen molar-refractivity contribution in [1.82, 2.24) is 5.32 Å². The van der Waals surface area contributed by atoms with Crippen molar-refractivity contribution in [3.05, 3.63) is 0 Å². The van der Waals surface area contributed by atoms with Crippen molar-refractivity contribution in [2.24, 2.45) is 0 Å². The van der Waals surface area contributed by atoms with Crippen molar-refractivity contribution in [2.45, 2.75) is 25.9 Å². The number of nitrogens with one attached hydrogen (secondary N) is 1. The van der Waals surface area contributed by atoms with Gasteiger partial charge in [-0.1, -0.05) is 0 Å². The lowest BCUT2D eigenvalue weighted by molar-refractivity contribution is -0.116. The van der Waals surface area contributed by atoms with Crippen LogP contribution in [0.4, 0.5) is 0 Å². The van der Waals surface area contributed by atoms with E-state index in [2.05, 4.69) is 5.32 Å². The van der Waals surface area contributed by atoms with Gasteiger partial charge in [0.05, 0.1) is 6.54 Å². The molecular formula is C7H15NO2Si. The second kappa shape index (κ2) is 6.36. The lowest BCUT2D eigenvalue weighted by Crippen LogP contribution is -2.22. The average Bonchev–Trinajstić information content (AvgIpc) is 1.85. The fourth-order valence-electron chi connectivity index (χ4n) is 0.727. The van der Waals surface area contributed by atoms with E-state index in [0.717, 1.165) is 19.0 Å². The normalized spacial score (nSPS) is 9.64. The van der Waals surface area contributed by atoms with Gasteiger partial charge in [-0.2, -0.15) is 0 Å². The summed E-state index contributed by atoms with van der Waals surface area (Å²) in [5.74, 6) is 0.147. The van der Waals surface area contributed by atoms with E-state index in [-0.39, 0.29) is 5.78 Å². The summed E-state index contributed by atoms with van der Waals surface area (Å²) in [5.41, 5.74) is 0. The van der Waals surface area contributed by atoms with Gasteiger partial charge < -0.3 is 9.78 Å². The highest BCUT2D eigenvalue weighted by Crippen LogP contribution is 1.87. The van der Waals surface area contributed by atoms with E-state index in [1.54, 1.807) is 13.5 Å². The van der Waals surface area contributed by atoms with Crippen molar-refractivity contribution < 1.29 is 9.26 Å². The van der Waals surface area contributed by atoms with Crippen LogP contribution in [0.5, 0.6) is 0 Å². The van der Waals surface area contributed by atoms with E-state index < -0.39 is 8.68 Å². The van der Waals surface area contributed by atoms with Gasteiger partial charge in [0.25, 0.3) is 8.68 Å². The van der Waals surface area contributed by atoms with Crippen molar-refractivity contribution in [3.8, 4) is 0 Å². The third kappa shape index (κ3) is 9.65. The maximum absolute atomic E-state index is 10.6. The van der Waals surface area contributed by atoms with E-state index in [0.29, 0.717) is 6.54 Å². The van der Waals surface area contributed by atoms with Crippen molar-refractivity contribution in [3.63, 3.8) is 0 Å². The van der Waals surface area contributed by atoms with Crippen molar-refractivity contribution in [1.29, 1.82) is 0 Å². The predicted octanol–water partition coefficient (Wildman–Crippen LogP) is 0.607. The molecule has 0 atom stereocenters. The molecule has 0 aromatic heterocycles. The summed E-state index contributed by atoms with van der Waals surface area (Å²) >= 11 is 0. The van der Waals surface area contributed by atoms with Crippen LogP contribution in [0.2, 0.25) is 12.6 Å². The summed E-state index contributed by atoms with van der Waals surface area (Å²) in [6.07, 6.45) is 0.904. The van der Waals surface area contributed by atoms with Gasteiger partial charge in [-0.15, -0.1) is 0 Å². The molecule has 4 heteroatoms. The van der Waals surface area contributed by atoms with E-state index in [9.17, 15) is 9.26 Å². The van der Waals surface area contributed by atoms with Crippen LogP contribution in [0.1, 0.15) is 13.3 Å². The number of hydrogen-bond acceptors (Lipinski definition) is 3. The van der Waals surface area contributed by atoms with Gasteiger partial charge in [-0.05, 0) is 32.5 Å². The lowest BCUT2D eigenvalue weighted by atomic mass is 10.4. The predicted molar refractivity (Wildman–Crippen MR) is 45.3 cm³/mol. The van der Waals surface area contributed by atoms with Crippen LogP contribution >= 0.6 is 0 Å². The zero-order valence-electron chi connectivity index (χ0n) is 7.14. The highest BCUT2D eigenvalue weighted by Gasteiger charge is 1.95. The Balaban J connectivity index is 3.03. The topological polar surface area (TPSA) is 46.2 Å². The number of Topliss-reactive ketones (excluding diaryl/α,β-unsaturated/α-hetero) is 1. The summed E-state index contributed by atoms with van der Waals surface area (Å²) in [4.78, 5) is 10.4. The molecule has 0 aromatic rings. The maximum Gasteiger partial charge on any atom is 0.273 e. The first-order valence-corrected chi connectivity index (χ1v) is 5.94. The van der Waals surface area contributed by atoms with Crippen LogP contribution < -0.4 is 5.32 Å². The molecule has 0 heterocycles. The van der Waals surface area contributed by atoms with Gasteiger partial charge >= 0.3 is 0 Å². The summed E-state index contributed by atoms with van der Waals surface area (Å²) in [6, 6.07) is 0.787. The van der Waals surface area contributed by atoms with Crippen molar-refractivity contribution in [2.75, 3.05) is 13.1 Å². The molecule has 0 aliphatic heterocycles. The summed E-state index contributed by atoms with van der Waals surface area (Å²) < 4.78 is 10.6. The molecule has 0 rings (SSSR count). The number of carbonyl (C=O) groups excluding carboxylic acids is 1. The second-order valence-electron chi connectivity index (χ2n) is 2.68. The molecule has 0 aliphatic rings. The molecule has 64 valence electrons. The van der Waals surface area contributed by atoms with Crippen molar-refractivity contribution >= 4 is 14.5 Å². The highest BCUT2D eigenvalue weighted by molar-refractivity contribution is 6.40. The quantitative estimate of drug-likeness (QED) is 0.473. The molecule has 0 aliphatic carbocycles. The molecule has 0 saturated carbocycles. The molecule has 0 aromatic carbocycles. The lowest BCUT2D eigenvalue weighted by Gasteiger charge is -1.98. The Morgan fingerprint density at radius 1 is 1.55 bits per heavy atom. The van der Waals surface area contributed by atoms with Gasteiger partial charge in [0.15, 0.2) is 0 Å². The van der Waals surface area contributed by atoms with Crippen LogP contribution in [0.15, 0.2) is 0 Å². The monoisotopic (exact) mass is 173 g/mol. The van der Waals surface area contributed by atoms with Crippen LogP contribution in [0.3, 0.4) is 0 Å². The molecule has 0 amide bonds. The van der Waals surface area contributed by atoms with Gasteiger partial charge in [0.2, 0.25) is 0 Å². The number of rotatable bonds is 6. The molecule has 0 radical (unpaired) electrons. The molecule has 0 unspecified atom stereocenters. The summed E-state index contributed by atoms with van der Waals surface area (Å²) in [5, 5.41) is 2.97. The Morgan fingerprint density at radius 2 is 2.18 bits per heavy atom. The minimum Gasteiger partial charge on any atom is -0.389 e. The molecule has 1 N–H and O–H groups in total. The fraction of sp³-hybridized carbons (Fsp3) is 0.857. The smallest absolute Gasteiger partial charge is 0.273 e. The molecular weight excluding hydrogens is 158 g/mol. The SMILES string of the molecule is CC(=O)CNCCC[Si](C)=O. The Morgan fingerprint density at radius 3 is 2.64 bits per heavy atom. The molecule has 0 spiro atoms. The molecule has 3 nitrogen and oxygen atoms in total. The first kappa shape index (κ1) is 10.6. The first-order valence-electron chi connectivity index (χ1n) is 3.82. The standard InChI is InChI=1S/C7H15NO2Si/c1-7(9)6-8-4-3-5-11(2)10/h8H,3-6H2,1-2H3. The largest absolute Gasteiger partial charge is 0.389 e. The molecule has 0 bridgehead atoms. The molecule has 0 saturated heterocycles. The number of ketones is 1. The van der Waals surface area contributed by atoms with E-state index in [4.69, 9.17) is 0 Å². The maximum atomic E-state index is 10.6. The van der Waals surface area contributed by atoms with Gasteiger partial charge in [0, 0.05) is 0 Å². The van der Waals surface area contributed by atoms with E-state index in [1.807, 2.05) is 0 Å². The van der Waals surface area contributed by atoms with Gasteiger partial charge in [0.1, 0.15) is 5.78 Å². The van der Waals surface area contributed by atoms with Crippen LogP contribution in [0, 0.1) is 0 Å². The fourth-order valence-corrected chi connectivity index (χ4v) is 1.40. The number of carbonyl (C=O) groups is 1. The van der Waals surface area contributed by atoms with Gasteiger partial charge in [-0.25, -0.2) is 0 Å². The highest BCUT2D eigenvalue weighted by atomic mass is 28.3. The Hall–Kier alpha value is -0.353. The zero-order chi connectivity index (χ0) is 8.69. The van der Waals surface area contributed by atoms with E-state index >= 15 is 0 Å². The summed E-state index contributed by atoms with van der Waals surface area (Å²) in [7, 11) is -1.31. The Labute approximate surface area is 68.8 Å². The third-order valence-electron chi connectivity index (χ3n) is 1.26. The Kier molecular flexibility index (Phi) is 6.16. The average molecular weight is 173 g/mol. The molecule has 0 fully saturated rings. The number of hydrogen-bond donors (Lipinski definition) is 1. The van der Waals surface area contributed by atoms with Crippen LogP contribution in [0.25, 0.3) is 0 Å². The second-order valence-corrected chi connectivity index (χ2v) is 4.59. The minimum atomic E-state index is -1.31. The molecule has 11 heavy (non-hydrogen) atoms. The third-order valence-corrected chi connectivity index (χ3v) is 2.31. The van der Waals surface area contributed by atoms with Crippen LogP contribution in [-0.4, -0.2) is 27.6 Å². The van der Waals surface area contributed by atoms with E-state index in [1.165, 1.54) is 0 Å². The Bertz CT molecular complexity index is 131. The minimum absolute atomic E-state index is 0.147. The zero-order valence-corrected chi connectivity index (χ0v) is 8.14. The van der Waals surface area contributed by atoms with Crippen LogP contribution in [-0.2, 0) is 9.26 Å². The van der Waals surface area contributed by atoms with Gasteiger partial charge in [-0.3, -0.25) is 4.79 Å².